The van der Waals surface area contributed by atoms with Gasteiger partial charge in [0.15, 0.2) is 5.82 Å². The zero-order chi connectivity index (χ0) is 25.0. The predicted molar refractivity (Wildman–Crippen MR) is 143 cm³/mol. The number of aryl methyl sites for hydroxylation is 2. The van der Waals surface area contributed by atoms with Gasteiger partial charge in [0.05, 0.1) is 24.2 Å². The van der Waals surface area contributed by atoms with E-state index in [1.807, 2.05) is 6.92 Å². The van der Waals surface area contributed by atoms with E-state index < -0.39 is 5.41 Å². The number of hydrogen-bond acceptors (Lipinski definition) is 7. The molecule has 0 amide bonds. The molecule has 1 aliphatic rings. The van der Waals surface area contributed by atoms with Crippen molar-refractivity contribution in [3.63, 3.8) is 0 Å². The van der Waals surface area contributed by atoms with Crippen LogP contribution in [0.2, 0.25) is 0 Å². The summed E-state index contributed by atoms with van der Waals surface area (Å²) < 4.78 is 2.16. The van der Waals surface area contributed by atoms with Crippen molar-refractivity contribution in [1.29, 1.82) is 0 Å². The number of aliphatic hydroxyl groups excluding tert-OH is 2. The molecule has 3 aromatic rings. The zero-order valence-electron chi connectivity index (χ0n) is 21.6. The van der Waals surface area contributed by atoms with Gasteiger partial charge in [0.1, 0.15) is 11.3 Å². The molecule has 4 N–H and O–H groups in total. The van der Waals surface area contributed by atoms with Crippen molar-refractivity contribution in [2.75, 3.05) is 58.7 Å². The fourth-order valence-electron chi connectivity index (χ4n) is 4.97. The number of aliphatic hydroxyl groups is 2. The van der Waals surface area contributed by atoms with E-state index in [9.17, 15) is 10.2 Å². The van der Waals surface area contributed by atoms with Crippen LogP contribution in [0.25, 0.3) is 21.9 Å². The van der Waals surface area contributed by atoms with Crippen LogP contribution in [0.5, 0.6) is 0 Å². The second kappa shape index (κ2) is 11.2. The summed E-state index contributed by atoms with van der Waals surface area (Å²) in [4.78, 5) is 14.6. The Morgan fingerprint density at radius 1 is 1.03 bits per heavy atom. The molecule has 0 radical (unpaired) electrons. The number of unbranched alkanes of at least 4 members (excludes halogenated alkanes) is 1. The summed E-state index contributed by atoms with van der Waals surface area (Å²) in [7, 11) is 2.19. The fourth-order valence-corrected chi connectivity index (χ4v) is 4.97. The van der Waals surface area contributed by atoms with Crippen LogP contribution in [-0.2, 0) is 19.4 Å². The molecule has 1 fully saturated rings. The van der Waals surface area contributed by atoms with E-state index in [0.29, 0.717) is 17.9 Å². The number of anilines is 1. The Kier molecular flexibility index (Phi) is 8.27. The number of nitrogen functional groups attached to an aromatic ring is 1. The first-order valence-electron chi connectivity index (χ1n) is 13.1. The Morgan fingerprint density at radius 3 is 2.46 bits per heavy atom. The molecule has 1 aromatic carbocycles. The Hall–Kier alpha value is -2.26. The largest absolute Gasteiger partial charge is 0.396 e. The van der Waals surface area contributed by atoms with Crippen molar-refractivity contribution in [2.24, 2.45) is 5.41 Å². The number of imidazole rings is 1. The summed E-state index contributed by atoms with van der Waals surface area (Å²) in [6.45, 7) is 10.0. The van der Waals surface area contributed by atoms with E-state index in [2.05, 4.69) is 46.5 Å². The van der Waals surface area contributed by atoms with Gasteiger partial charge >= 0.3 is 0 Å². The molecule has 2 aromatic heterocycles. The van der Waals surface area contributed by atoms with Gasteiger partial charge in [0.2, 0.25) is 0 Å². The lowest BCUT2D eigenvalue weighted by molar-refractivity contribution is 0.0557. The first-order valence-corrected chi connectivity index (χ1v) is 13.1. The maximum Gasteiger partial charge on any atom is 0.152 e. The van der Waals surface area contributed by atoms with E-state index in [1.54, 1.807) is 0 Å². The number of aromatic nitrogens is 3. The van der Waals surface area contributed by atoms with Gasteiger partial charge in [0, 0.05) is 49.9 Å². The predicted octanol–water partition coefficient (Wildman–Crippen LogP) is 2.68. The molecule has 3 heterocycles. The third-order valence-electron chi connectivity index (χ3n) is 7.44. The molecule has 0 atom stereocenters. The van der Waals surface area contributed by atoms with Crippen molar-refractivity contribution in [1.82, 2.24) is 24.3 Å². The maximum absolute atomic E-state index is 9.98. The van der Waals surface area contributed by atoms with E-state index >= 15 is 0 Å². The molecule has 1 aliphatic heterocycles. The van der Waals surface area contributed by atoms with Crippen LogP contribution in [-0.4, -0.2) is 87.5 Å². The number of piperazine rings is 1. The van der Waals surface area contributed by atoms with Crippen LogP contribution in [0, 0.1) is 5.41 Å². The van der Waals surface area contributed by atoms with Crippen LogP contribution in [0.4, 0.5) is 5.82 Å². The first kappa shape index (κ1) is 25.8. The van der Waals surface area contributed by atoms with Crippen molar-refractivity contribution in [3.05, 3.63) is 29.6 Å². The number of benzene rings is 1. The fraction of sp³-hybridized carbons (Fsp3) is 0.630. The average molecular weight is 483 g/mol. The molecule has 8 nitrogen and oxygen atoms in total. The van der Waals surface area contributed by atoms with Crippen molar-refractivity contribution >= 4 is 27.8 Å². The topological polar surface area (TPSA) is 104 Å². The minimum absolute atomic E-state index is 0.105. The normalized spacial score (nSPS) is 16.0. The van der Waals surface area contributed by atoms with Crippen molar-refractivity contribution in [2.45, 2.75) is 52.5 Å². The van der Waals surface area contributed by atoms with Gasteiger partial charge in [-0.1, -0.05) is 32.4 Å². The molecule has 8 heteroatoms. The molecule has 0 saturated carbocycles. The molecule has 35 heavy (non-hydrogen) atoms. The molecular formula is C27H42N6O2. The van der Waals surface area contributed by atoms with E-state index in [-0.39, 0.29) is 13.2 Å². The van der Waals surface area contributed by atoms with Gasteiger partial charge < -0.3 is 30.3 Å². The van der Waals surface area contributed by atoms with Crippen LogP contribution in [0.1, 0.15) is 44.5 Å². The zero-order valence-corrected chi connectivity index (χ0v) is 21.6. The number of pyridine rings is 1. The summed E-state index contributed by atoms with van der Waals surface area (Å²) >= 11 is 0. The van der Waals surface area contributed by atoms with Gasteiger partial charge in [0.25, 0.3) is 0 Å². The van der Waals surface area contributed by atoms with Crippen LogP contribution >= 0.6 is 0 Å². The Morgan fingerprint density at radius 2 is 1.77 bits per heavy atom. The smallest absolute Gasteiger partial charge is 0.152 e. The summed E-state index contributed by atoms with van der Waals surface area (Å²) in [6, 6.07) is 6.51. The summed E-state index contributed by atoms with van der Waals surface area (Å²) in [5.74, 6) is 1.38. The van der Waals surface area contributed by atoms with Gasteiger partial charge in [-0.05, 0) is 44.5 Å². The summed E-state index contributed by atoms with van der Waals surface area (Å²) in [5, 5.41) is 21.0. The highest BCUT2D eigenvalue weighted by Gasteiger charge is 2.27. The molecule has 1 saturated heterocycles. The highest BCUT2D eigenvalue weighted by Crippen LogP contribution is 2.32. The highest BCUT2D eigenvalue weighted by molar-refractivity contribution is 6.06. The first-order chi connectivity index (χ1) is 16.9. The number of nitrogens with two attached hydrogens (primary N) is 1. The SMILES string of the molecule is CCCCc1nc2c(N)nc3cc(CCCN4CCN(C)CC4)ccc3c2n1CC(C)(CO)CO. The second-order valence-electron chi connectivity index (χ2n) is 10.6. The number of fused-ring (bicyclic) bond motifs is 3. The van der Waals surface area contributed by atoms with Gasteiger partial charge in [-0.3, -0.25) is 0 Å². The van der Waals surface area contributed by atoms with Crippen LogP contribution < -0.4 is 5.73 Å². The molecule has 0 spiro atoms. The number of likely N-dealkylation sites (N-methyl/N-ethyl adjacent to an activating group) is 1. The Balaban J connectivity index is 1.64. The molecule has 0 bridgehead atoms. The quantitative estimate of drug-likeness (QED) is 0.386. The maximum atomic E-state index is 9.98. The van der Waals surface area contributed by atoms with Crippen LogP contribution in [0.3, 0.4) is 0 Å². The standard InChI is InChI=1S/C27H42N6O2/c1-4-5-8-23-30-24-25(33(23)17-27(2,18-34)19-35)21-10-9-20(16-22(21)29-26(24)28)7-6-11-32-14-12-31(3)13-15-32/h9-10,16,34-35H,4-8,11-15,17-19H2,1-3H3,(H2,28,29). The average Bonchev–Trinajstić information content (AvgIpc) is 3.22. The lowest BCUT2D eigenvalue weighted by Gasteiger charge is -2.32. The lowest BCUT2D eigenvalue weighted by atomic mass is 9.92. The summed E-state index contributed by atoms with van der Waals surface area (Å²) in [6.07, 6.45) is 5.03. The number of rotatable bonds is 11. The molecule has 0 unspecified atom stereocenters. The van der Waals surface area contributed by atoms with E-state index in [0.717, 1.165) is 87.1 Å². The third kappa shape index (κ3) is 5.77. The van der Waals surface area contributed by atoms with Gasteiger partial charge in [-0.2, -0.15) is 0 Å². The molecule has 0 aliphatic carbocycles. The molecule has 4 rings (SSSR count). The molecule has 192 valence electrons. The van der Waals surface area contributed by atoms with Gasteiger partial charge in [-0.25, -0.2) is 9.97 Å². The third-order valence-corrected chi connectivity index (χ3v) is 7.44. The second-order valence-corrected chi connectivity index (χ2v) is 10.6. The Labute approximate surface area is 208 Å². The number of hydrogen-bond donors (Lipinski definition) is 3. The van der Waals surface area contributed by atoms with Gasteiger partial charge in [-0.15, -0.1) is 0 Å². The number of nitrogens with zero attached hydrogens (tertiary/aromatic N) is 5. The van der Waals surface area contributed by atoms with E-state index in [4.69, 9.17) is 15.7 Å². The van der Waals surface area contributed by atoms with Crippen molar-refractivity contribution in [3.8, 4) is 0 Å². The monoisotopic (exact) mass is 482 g/mol. The highest BCUT2D eigenvalue weighted by atomic mass is 16.3. The summed E-state index contributed by atoms with van der Waals surface area (Å²) in [5.41, 5.74) is 9.59. The van der Waals surface area contributed by atoms with Crippen LogP contribution in [0.15, 0.2) is 18.2 Å². The molecular weight excluding hydrogens is 440 g/mol. The van der Waals surface area contributed by atoms with Crippen molar-refractivity contribution < 1.29 is 10.2 Å². The minimum atomic E-state index is -0.651. The minimum Gasteiger partial charge on any atom is -0.396 e. The lowest BCUT2D eigenvalue weighted by Crippen LogP contribution is -2.44. The van der Waals surface area contributed by atoms with E-state index in [1.165, 1.54) is 5.56 Å². The Bertz CT molecular complexity index is 1130.